The molecule has 0 atom stereocenters. The van der Waals surface area contributed by atoms with Gasteiger partial charge in [0.1, 0.15) is 0 Å². The van der Waals surface area contributed by atoms with E-state index in [0.717, 1.165) is 37.1 Å². The predicted octanol–water partition coefficient (Wildman–Crippen LogP) is 3.40. The molecule has 4 nitrogen and oxygen atoms in total. The SMILES string of the molecule is CN1CCC(N(Cc2cccnc2)C(=O)Cc2ccccc2Cl)CC1. The molecule has 2 heterocycles. The lowest BCUT2D eigenvalue weighted by molar-refractivity contribution is -0.134. The summed E-state index contributed by atoms with van der Waals surface area (Å²) in [4.78, 5) is 21.6. The minimum atomic E-state index is 0.131. The summed E-state index contributed by atoms with van der Waals surface area (Å²) in [6.45, 7) is 2.65. The first kappa shape index (κ1) is 17.9. The second-order valence-corrected chi connectivity index (χ2v) is 7.09. The van der Waals surface area contributed by atoms with Gasteiger partial charge in [0.2, 0.25) is 5.91 Å². The number of nitrogens with zero attached hydrogens (tertiary/aromatic N) is 3. The van der Waals surface area contributed by atoms with Crippen LogP contribution >= 0.6 is 11.6 Å². The summed E-state index contributed by atoms with van der Waals surface area (Å²) in [5, 5.41) is 0.653. The zero-order valence-corrected chi connectivity index (χ0v) is 15.3. The van der Waals surface area contributed by atoms with Gasteiger partial charge in [0, 0.05) is 30.0 Å². The Morgan fingerprint density at radius 2 is 2.00 bits per heavy atom. The fourth-order valence-corrected chi connectivity index (χ4v) is 3.52. The highest BCUT2D eigenvalue weighted by atomic mass is 35.5. The van der Waals surface area contributed by atoms with Gasteiger partial charge in [0.25, 0.3) is 0 Å². The van der Waals surface area contributed by atoms with E-state index in [1.807, 2.05) is 47.5 Å². The van der Waals surface area contributed by atoms with Crippen LogP contribution in [0.1, 0.15) is 24.0 Å². The van der Waals surface area contributed by atoms with E-state index in [1.54, 1.807) is 6.20 Å². The zero-order valence-electron chi connectivity index (χ0n) is 14.6. The van der Waals surface area contributed by atoms with Gasteiger partial charge in [0.15, 0.2) is 0 Å². The van der Waals surface area contributed by atoms with Crippen molar-refractivity contribution >= 4 is 17.5 Å². The molecule has 5 heteroatoms. The van der Waals surface area contributed by atoms with Crippen LogP contribution in [-0.4, -0.2) is 46.9 Å². The van der Waals surface area contributed by atoms with Gasteiger partial charge in [-0.3, -0.25) is 9.78 Å². The van der Waals surface area contributed by atoms with Crippen molar-refractivity contribution in [3.8, 4) is 0 Å². The molecule has 0 N–H and O–H groups in total. The Morgan fingerprint density at radius 1 is 1.24 bits per heavy atom. The lowest BCUT2D eigenvalue weighted by atomic mass is 10.0. The standard InChI is InChI=1S/C20H24ClN3O/c1-23-11-8-18(9-12-23)24(15-16-5-4-10-22-14-16)20(25)13-17-6-2-3-7-19(17)21/h2-7,10,14,18H,8-9,11-13,15H2,1H3. The van der Waals surface area contributed by atoms with Crippen LogP contribution in [0, 0.1) is 0 Å². The Bertz CT molecular complexity index is 699. The van der Waals surface area contributed by atoms with E-state index in [4.69, 9.17) is 11.6 Å². The highest BCUT2D eigenvalue weighted by Gasteiger charge is 2.27. The smallest absolute Gasteiger partial charge is 0.227 e. The maximum atomic E-state index is 13.1. The van der Waals surface area contributed by atoms with Crippen molar-refractivity contribution < 1.29 is 4.79 Å². The normalized spacial score (nSPS) is 15.9. The number of hydrogen-bond donors (Lipinski definition) is 0. The van der Waals surface area contributed by atoms with Crippen molar-refractivity contribution in [2.24, 2.45) is 0 Å². The van der Waals surface area contributed by atoms with E-state index in [9.17, 15) is 4.79 Å². The molecule has 2 aromatic rings. The van der Waals surface area contributed by atoms with E-state index in [-0.39, 0.29) is 11.9 Å². The summed E-state index contributed by atoms with van der Waals surface area (Å²) in [6, 6.07) is 11.8. The van der Waals surface area contributed by atoms with Crippen LogP contribution < -0.4 is 0 Å². The Kier molecular flexibility index (Phi) is 6.05. The predicted molar refractivity (Wildman–Crippen MR) is 100 cm³/mol. The Labute approximate surface area is 154 Å². The minimum Gasteiger partial charge on any atom is -0.335 e. The third-order valence-electron chi connectivity index (χ3n) is 4.82. The molecule has 3 rings (SSSR count). The fourth-order valence-electron chi connectivity index (χ4n) is 3.32. The van der Waals surface area contributed by atoms with Gasteiger partial charge in [-0.2, -0.15) is 0 Å². The molecule has 0 radical (unpaired) electrons. The summed E-state index contributed by atoms with van der Waals surface area (Å²) < 4.78 is 0. The van der Waals surface area contributed by atoms with Crippen LogP contribution in [-0.2, 0) is 17.8 Å². The summed E-state index contributed by atoms with van der Waals surface area (Å²) in [6.07, 6.45) is 5.95. The molecule has 132 valence electrons. The number of piperidine rings is 1. The summed E-state index contributed by atoms with van der Waals surface area (Å²) in [5.41, 5.74) is 1.95. The molecular weight excluding hydrogens is 334 g/mol. The van der Waals surface area contributed by atoms with E-state index in [0.29, 0.717) is 18.0 Å². The van der Waals surface area contributed by atoms with Crippen molar-refractivity contribution in [3.05, 3.63) is 64.9 Å². The number of halogens is 1. The quantitative estimate of drug-likeness (QED) is 0.822. The van der Waals surface area contributed by atoms with E-state index in [2.05, 4.69) is 16.9 Å². The van der Waals surface area contributed by atoms with Crippen LogP contribution in [0.3, 0.4) is 0 Å². The molecule has 1 aliphatic heterocycles. The molecule has 0 bridgehead atoms. The van der Waals surface area contributed by atoms with Crippen LogP contribution in [0.2, 0.25) is 5.02 Å². The monoisotopic (exact) mass is 357 g/mol. The summed E-state index contributed by atoms with van der Waals surface area (Å²) >= 11 is 6.25. The number of aromatic nitrogens is 1. The number of benzene rings is 1. The number of rotatable bonds is 5. The van der Waals surface area contributed by atoms with Crippen molar-refractivity contribution in [2.75, 3.05) is 20.1 Å². The topological polar surface area (TPSA) is 36.4 Å². The first-order valence-electron chi connectivity index (χ1n) is 8.74. The number of likely N-dealkylation sites (tertiary alicyclic amines) is 1. The number of hydrogen-bond acceptors (Lipinski definition) is 3. The van der Waals surface area contributed by atoms with Crippen molar-refractivity contribution in [3.63, 3.8) is 0 Å². The zero-order chi connectivity index (χ0) is 17.6. The molecule has 25 heavy (non-hydrogen) atoms. The average molecular weight is 358 g/mol. The average Bonchev–Trinajstić information content (AvgIpc) is 2.63. The lowest BCUT2D eigenvalue weighted by Gasteiger charge is -2.37. The first-order valence-corrected chi connectivity index (χ1v) is 9.11. The summed E-state index contributed by atoms with van der Waals surface area (Å²) in [5.74, 6) is 0.131. The van der Waals surface area contributed by atoms with Gasteiger partial charge in [-0.15, -0.1) is 0 Å². The number of carbonyl (C=O) groups is 1. The number of amides is 1. The third kappa shape index (κ3) is 4.80. The fraction of sp³-hybridized carbons (Fsp3) is 0.400. The van der Waals surface area contributed by atoms with Gasteiger partial charge in [-0.1, -0.05) is 35.9 Å². The molecule has 0 unspecified atom stereocenters. The summed E-state index contributed by atoms with van der Waals surface area (Å²) in [7, 11) is 2.13. The molecule has 1 fully saturated rings. The largest absolute Gasteiger partial charge is 0.335 e. The second kappa shape index (κ2) is 8.45. The third-order valence-corrected chi connectivity index (χ3v) is 5.19. The van der Waals surface area contributed by atoms with Crippen LogP contribution in [0.25, 0.3) is 0 Å². The maximum absolute atomic E-state index is 13.1. The van der Waals surface area contributed by atoms with Crippen molar-refractivity contribution in [1.82, 2.24) is 14.8 Å². The van der Waals surface area contributed by atoms with Gasteiger partial charge < -0.3 is 9.80 Å². The van der Waals surface area contributed by atoms with Gasteiger partial charge in [-0.25, -0.2) is 0 Å². The van der Waals surface area contributed by atoms with Gasteiger partial charge >= 0.3 is 0 Å². The number of carbonyl (C=O) groups excluding carboxylic acids is 1. The molecule has 1 saturated heterocycles. The Balaban J connectivity index is 1.77. The Morgan fingerprint density at radius 3 is 2.68 bits per heavy atom. The molecular formula is C20H24ClN3O. The van der Waals surface area contributed by atoms with Crippen LogP contribution in [0.4, 0.5) is 0 Å². The van der Waals surface area contributed by atoms with E-state index >= 15 is 0 Å². The van der Waals surface area contributed by atoms with E-state index < -0.39 is 0 Å². The second-order valence-electron chi connectivity index (χ2n) is 6.69. The lowest BCUT2D eigenvalue weighted by Crippen LogP contribution is -2.46. The molecule has 0 aliphatic carbocycles. The van der Waals surface area contributed by atoms with E-state index in [1.165, 1.54) is 0 Å². The van der Waals surface area contributed by atoms with Gasteiger partial charge in [-0.05, 0) is 56.2 Å². The highest BCUT2D eigenvalue weighted by molar-refractivity contribution is 6.31. The molecule has 0 saturated carbocycles. The van der Waals surface area contributed by atoms with Crippen LogP contribution in [0.5, 0.6) is 0 Å². The van der Waals surface area contributed by atoms with Crippen molar-refractivity contribution in [1.29, 1.82) is 0 Å². The first-order chi connectivity index (χ1) is 12.1. The number of pyridine rings is 1. The van der Waals surface area contributed by atoms with Crippen molar-refractivity contribution in [2.45, 2.75) is 31.8 Å². The molecule has 1 amide bonds. The molecule has 1 aromatic heterocycles. The highest BCUT2D eigenvalue weighted by Crippen LogP contribution is 2.22. The molecule has 0 spiro atoms. The Hall–Kier alpha value is -1.91. The van der Waals surface area contributed by atoms with Crippen LogP contribution in [0.15, 0.2) is 48.8 Å². The minimum absolute atomic E-state index is 0.131. The molecule has 1 aromatic carbocycles. The molecule has 1 aliphatic rings. The maximum Gasteiger partial charge on any atom is 0.227 e. The van der Waals surface area contributed by atoms with Gasteiger partial charge in [0.05, 0.1) is 6.42 Å².